The van der Waals surface area contributed by atoms with E-state index >= 15 is 0 Å². The molecule has 31 heavy (non-hydrogen) atoms. The molecule has 2 aromatic heterocycles. The Labute approximate surface area is 190 Å². The van der Waals surface area contributed by atoms with Gasteiger partial charge in [-0.1, -0.05) is 6.07 Å². The third kappa shape index (κ3) is 4.04. The lowest BCUT2D eigenvalue weighted by atomic mass is 9.96. The number of benzene rings is 1. The fourth-order valence-electron chi connectivity index (χ4n) is 4.52. The topological polar surface area (TPSA) is 42.3 Å². The van der Waals surface area contributed by atoms with Crippen LogP contribution in [0.15, 0.2) is 54.7 Å². The van der Waals surface area contributed by atoms with Gasteiger partial charge in [-0.15, -0.1) is 0 Å². The molecule has 1 aliphatic heterocycles. The van der Waals surface area contributed by atoms with Crippen molar-refractivity contribution in [1.29, 1.82) is 0 Å². The number of pyridine rings is 1. The number of nitrogens with one attached hydrogen (secondary N) is 1. The number of thiocarbonyl (C=S) groups is 1. The van der Waals surface area contributed by atoms with Gasteiger partial charge in [0.1, 0.15) is 5.75 Å². The van der Waals surface area contributed by atoms with Gasteiger partial charge in [0, 0.05) is 29.8 Å². The maximum absolute atomic E-state index is 5.84. The molecule has 1 aliphatic rings. The molecule has 0 radical (unpaired) electrons. The minimum Gasteiger partial charge on any atom is -0.491 e. The fourth-order valence-corrected chi connectivity index (χ4v) is 4.87. The van der Waals surface area contributed by atoms with Crippen LogP contribution in [0.25, 0.3) is 0 Å². The summed E-state index contributed by atoms with van der Waals surface area (Å²) in [7, 11) is 0. The van der Waals surface area contributed by atoms with Crippen LogP contribution in [-0.4, -0.2) is 20.8 Å². The summed E-state index contributed by atoms with van der Waals surface area (Å²) in [5.74, 6) is 0.860. The Balaban J connectivity index is 1.80. The van der Waals surface area contributed by atoms with Crippen molar-refractivity contribution in [1.82, 2.24) is 14.9 Å². The second-order valence-corrected chi connectivity index (χ2v) is 8.61. The maximum atomic E-state index is 5.84. The van der Waals surface area contributed by atoms with Gasteiger partial charge in [0.05, 0.1) is 23.9 Å². The van der Waals surface area contributed by atoms with Gasteiger partial charge in [-0.25, -0.2) is 0 Å². The summed E-state index contributed by atoms with van der Waals surface area (Å²) >= 11 is 5.84. The standard InChI is InChI=1S/C25H30N4OS/c1-6-28-17(4)15-21(18(28)5)24-23(22-9-7-8-14-26-22)27-25(31)29(24)19-10-12-20(13-11-19)30-16(2)3/h7-16,23-24H,6H2,1-5H3,(H,27,31)/t23-,24-/m0/s1. The number of hydrogen-bond acceptors (Lipinski definition) is 3. The van der Waals surface area contributed by atoms with Crippen molar-refractivity contribution >= 4 is 23.0 Å². The number of rotatable bonds is 6. The van der Waals surface area contributed by atoms with Gasteiger partial charge in [0.15, 0.2) is 5.11 Å². The quantitative estimate of drug-likeness (QED) is 0.520. The molecule has 1 aromatic carbocycles. The molecule has 162 valence electrons. The molecule has 0 aliphatic carbocycles. The second kappa shape index (κ2) is 8.71. The summed E-state index contributed by atoms with van der Waals surface area (Å²) in [6.45, 7) is 11.6. The number of hydrogen-bond donors (Lipinski definition) is 1. The summed E-state index contributed by atoms with van der Waals surface area (Å²) in [6.07, 6.45) is 1.98. The lowest BCUT2D eigenvalue weighted by Gasteiger charge is -2.28. The molecule has 1 N–H and O–H groups in total. The Morgan fingerprint density at radius 3 is 2.45 bits per heavy atom. The summed E-state index contributed by atoms with van der Waals surface area (Å²) < 4.78 is 8.18. The predicted molar refractivity (Wildman–Crippen MR) is 130 cm³/mol. The Morgan fingerprint density at radius 2 is 1.87 bits per heavy atom. The van der Waals surface area contributed by atoms with Crippen molar-refractivity contribution in [3.05, 3.63) is 77.4 Å². The molecule has 5 nitrogen and oxygen atoms in total. The van der Waals surface area contributed by atoms with Crippen molar-refractivity contribution in [3.63, 3.8) is 0 Å². The van der Waals surface area contributed by atoms with E-state index in [2.05, 4.69) is 64.8 Å². The zero-order valence-corrected chi connectivity index (χ0v) is 19.6. The van der Waals surface area contributed by atoms with Crippen LogP contribution in [-0.2, 0) is 6.54 Å². The van der Waals surface area contributed by atoms with E-state index in [0.717, 1.165) is 23.7 Å². The van der Waals surface area contributed by atoms with E-state index in [1.54, 1.807) is 0 Å². The number of ether oxygens (including phenoxy) is 1. The van der Waals surface area contributed by atoms with Gasteiger partial charge in [-0.3, -0.25) is 4.98 Å². The van der Waals surface area contributed by atoms with Gasteiger partial charge in [-0.05, 0) is 94.9 Å². The highest BCUT2D eigenvalue weighted by molar-refractivity contribution is 7.80. The number of aryl methyl sites for hydroxylation is 1. The van der Waals surface area contributed by atoms with E-state index in [9.17, 15) is 0 Å². The van der Waals surface area contributed by atoms with Crippen molar-refractivity contribution in [3.8, 4) is 5.75 Å². The first kappa shape index (κ1) is 21.4. The monoisotopic (exact) mass is 434 g/mol. The molecule has 1 saturated heterocycles. The molecule has 3 aromatic rings. The van der Waals surface area contributed by atoms with E-state index in [4.69, 9.17) is 17.0 Å². The Bertz CT molecular complexity index is 1060. The van der Waals surface area contributed by atoms with E-state index in [1.165, 1.54) is 17.0 Å². The Hall–Kier alpha value is -2.86. The molecule has 0 amide bonds. The molecule has 0 unspecified atom stereocenters. The minimum absolute atomic E-state index is 0.00534. The first-order valence-corrected chi connectivity index (χ1v) is 11.3. The van der Waals surface area contributed by atoms with Gasteiger partial charge in [-0.2, -0.15) is 0 Å². The molecule has 6 heteroatoms. The highest BCUT2D eigenvalue weighted by Gasteiger charge is 2.42. The van der Waals surface area contributed by atoms with Crippen molar-refractivity contribution < 1.29 is 4.74 Å². The summed E-state index contributed by atoms with van der Waals surface area (Å²) in [5, 5.41) is 4.25. The van der Waals surface area contributed by atoms with E-state index in [-0.39, 0.29) is 18.2 Å². The molecular weight excluding hydrogens is 404 g/mol. The van der Waals surface area contributed by atoms with Crippen LogP contribution >= 0.6 is 12.2 Å². The maximum Gasteiger partial charge on any atom is 0.174 e. The number of aromatic nitrogens is 2. The fraction of sp³-hybridized carbons (Fsp3) is 0.360. The zero-order chi connectivity index (χ0) is 22.1. The van der Waals surface area contributed by atoms with Gasteiger partial charge >= 0.3 is 0 Å². The SMILES string of the molecule is CCn1c(C)cc([C@H]2[C@H](c3ccccn3)NC(=S)N2c2ccc(OC(C)C)cc2)c1C. The first-order chi connectivity index (χ1) is 14.9. The number of anilines is 1. The molecule has 0 saturated carbocycles. The van der Waals surface area contributed by atoms with E-state index < -0.39 is 0 Å². The largest absolute Gasteiger partial charge is 0.491 e. The van der Waals surface area contributed by atoms with Gasteiger partial charge in [0.2, 0.25) is 0 Å². The van der Waals surface area contributed by atoms with Gasteiger partial charge in [0.25, 0.3) is 0 Å². The van der Waals surface area contributed by atoms with Crippen LogP contribution in [0.4, 0.5) is 5.69 Å². The van der Waals surface area contributed by atoms with Crippen LogP contribution in [0.5, 0.6) is 5.75 Å². The van der Waals surface area contributed by atoms with Crippen LogP contribution in [0.1, 0.15) is 55.5 Å². The van der Waals surface area contributed by atoms with Crippen LogP contribution in [0.3, 0.4) is 0 Å². The minimum atomic E-state index is -0.0360. The molecule has 2 atom stereocenters. The summed E-state index contributed by atoms with van der Waals surface area (Å²) in [5.41, 5.74) is 5.82. The third-order valence-corrected chi connectivity index (χ3v) is 6.15. The molecular formula is C25H30N4OS. The Kier molecular flexibility index (Phi) is 6.01. The highest BCUT2D eigenvalue weighted by atomic mass is 32.1. The summed E-state index contributed by atoms with van der Waals surface area (Å²) in [6, 6.07) is 16.5. The average molecular weight is 435 g/mol. The Morgan fingerprint density at radius 1 is 1.13 bits per heavy atom. The van der Waals surface area contributed by atoms with Gasteiger partial charge < -0.3 is 19.5 Å². The third-order valence-electron chi connectivity index (χ3n) is 5.83. The highest BCUT2D eigenvalue weighted by Crippen LogP contribution is 2.43. The summed E-state index contributed by atoms with van der Waals surface area (Å²) in [4.78, 5) is 6.87. The van der Waals surface area contributed by atoms with Crippen LogP contribution in [0, 0.1) is 13.8 Å². The van der Waals surface area contributed by atoms with E-state index in [1.807, 2.05) is 44.3 Å². The van der Waals surface area contributed by atoms with Crippen molar-refractivity contribution in [2.24, 2.45) is 0 Å². The van der Waals surface area contributed by atoms with Crippen LogP contribution in [0.2, 0.25) is 0 Å². The lowest BCUT2D eigenvalue weighted by molar-refractivity contribution is 0.242. The molecule has 4 rings (SSSR count). The van der Waals surface area contributed by atoms with Crippen molar-refractivity contribution in [2.45, 2.75) is 59.4 Å². The molecule has 1 fully saturated rings. The predicted octanol–water partition coefficient (Wildman–Crippen LogP) is 5.48. The number of nitrogens with zero attached hydrogens (tertiary/aromatic N) is 3. The van der Waals surface area contributed by atoms with Crippen LogP contribution < -0.4 is 15.0 Å². The average Bonchev–Trinajstić information content (AvgIpc) is 3.24. The smallest absolute Gasteiger partial charge is 0.174 e. The van der Waals surface area contributed by atoms with Crippen molar-refractivity contribution in [2.75, 3.05) is 4.90 Å². The van der Waals surface area contributed by atoms with E-state index in [0.29, 0.717) is 5.11 Å². The zero-order valence-electron chi connectivity index (χ0n) is 18.8. The molecule has 0 spiro atoms. The lowest BCUT2D eigenvalue weighted by Crippen LogP contribution is -2.29. The first-order valence-electron chi connectivity index (χ1n) is 10.8. The molecule has 3 heterocycles. The molecule has 0 bridgehead atoms. The normalized spacial score (nSPS) is 18.5. The second-order valence-electron chi connectivity index (χ2n) is 8.23.